The van der Waals surface area contributed by atoms with E-state index in [2.05, 4.69) is 0 Å². The van der Waals surface area contributed by atoms with Crippen molar-refractivity contribution in [3.8, 4) is 17.2 Å². The van der Waals surface area contributed by atoms with E-state index in [1.165, 1.54) is 13.2 Å². The van der Waals surface area contributed by atoms with Crippen LogP contribution in [-0.4, -0.2) is 23.1 Å². The third-order valence-corrected chi connectivity index (χ3v) is 3.74. The molecule has 2 N–H and O–H groups in total. The van der Waals surface area contributed by atoms with Crippen molar-refractivity contribution in [1.29, 1.82) is 0 Å². The molecule has 1 fully saturated rings. The van der Waals surface area contributed by atoms with Crippen molar-refractivity contribution in [3.63, 3.8) is 0 Å². The van der Waals surface area contributed by atoms with Crippen molar-refractivity contribution in [3.05, 3.63) is 16.7 Å². The molecule has 0 amide bonds. The van der Waals surface area contributed by atoms with E-state index in [1.807, 2.05) is 0 Å². The normalized spacial score (nSPS) is 15.9. The summed E-state index contributed by atoms with van der Waals surface area (Å²) in [5.41, 5.74) is -0.0901. The molecule has 4 nitrogen and oxygen atoms in total. The number of aromatic hydroxyl groups is 2. The van der Waals surface area contributed by atoms with Crippen molar-refractivity contribution in [2.45, 2.75) is 25.7 Å². The van der Waals surface area contributed by atoms with Gasteiger partial charge in [-0.2, -0.15) is 0 Å². The first-order valence-corrected chi connectivity index (χ1v) is 6.26. The fourth-order valence-corrected chi connectivity index (χ4v) is 2.62. The predicted octanol–water partition coefficient (Wildman–Crippen LogP) is 3.13. The van der Waals surface area contributed by atoms with E-state index in [1.54, 1.807) is 0 Å². The molecular weight excluding hydrogens is 256 g/mol. The Balaban J connectivity index is 2.44. The smallest absolute Gasteiger partial charge is 0.173 e. The van der Waals surface area contributed by atoms with E-state index in [4.69, 9.17) is 16.3 Å². The molecule has 1 aliphatic rings. The summed E-state index contributed by atoms with van der Waals surface area (Å²) in [6.45, 7) is 0. The predicted molar refractivity (Wildman–Crippen MR) is 67.6 cm³/mol. The zero-order valence-corrected chi connectivity index (χ0v) is 10.8. The summed E-state index contributed by atoms with van der Waals surface area (Å²) in [5, 5.41) is 19.7. The number of methoxy groups -OCH3 is 1. The van der Waals surface area contributed by atoms with E-state index in [-0.39, 0.29) is 33.8 Å². The van der Waals surface area contributed by atoms with Gasteiger partial charge in [0, 0.05) is 12.0 Å². The van der Waals surface area contributed by atoms with Crippen molar-refractivity contribution < 1.29 is 19.7 Å². The second kappa shape index (κ2) is 5.06. The summed E-state index contributed by atoms with van der Waals surface area (Å²) < 4.78 is 4.90. The van der Waals surface area contributed by atoms with Gasteiger partial charge in [0.25, 0.3) is 0 Å². The minimum absolute atomic E-state index is 0.0448. The van der Waals surface area contributed by atoms with Gasteiger partial charge in [-0.25, -0.2) is 0 Å². The summed E-state index contributed by atoms with van der Waals surface area (Å²) in [6, 6.07) is 1.25. The van der Waals surface area contributed by atoms with Crippen LogP contribution in [-0.2, 0) is 0 Å². The number of halogens is 1. The van der Waals surface area contributed by atoms with Gasteiger partial charge < -0.3 is 14.9 Å². The van der Waals surface area contributed by atoms with E-state index in [0.29, 0.717) is 0 Å². The molecule has 0 heterocycles. The van der Waals surface area contributed by atoms with Crippen LogP contribution in [0.15, 0.2) is 6.07 Å². The van der Waals surface area contributed by atoms with Crippen LogP contribution < -0.4 is 4.74 Å². The van der Waals surface area contributed by atoms with Crippen LogP contribution in [0.5, 0.6) is 17.2 Å². The molecule has 18 heavy (non-hydrogen) atoms. The van der Waals surface area contributed by atoms with Crippen LogP contribution >= 0.6 is 11.6 Å². The van der Waals surface area contributed by atoms with Gasteiger partial charge in [0.05, 0.1) is 7.11 Å². The van der Waals surface area contributed by atoms with Crippen LogP contribution in [0, 0.1) is 5.92 Å². The van der Waals surface area contributed by atoms with E-state index in [0.717, 1.165) is 25.7 Å². The lowest BCUT2D eigenvalue weighted by Gasteiger charge is -2.14. The second-order valence-electron chi connectivity index (χ2n) is 4.48. The van der Waals surface area contributed by atoms with Gasteiger partial charge in [0.2, 0.25) is 0 Å². The maximum absolute atomic E-state index is 12.2. The summed E-state index contributed by atoms with van der Waals surface area (Å²) in [4.78, 5) is 12.2. The van der Waals surface area contributed by atoms with Gasteiger partial charge in [-0.3, -0.25) is 4.79 Å². The highest BCUT2D eigenvalue weighted by Crippen LogP contribution is 2.43. The molecule has 0 bridgehead atoms. The fourth-order valence-electron chi connectivity index (χ4n) is 2.39. The first kappa shape index (κ1) is 13.0. The minimum atomic E-state index is -0.398. The molecule has 1 aliphatic carbocycles. The highest BCUT2D eigenvalue weighted by molar-refractivity contribution is 6.34. The molecule has 0 radical (unpaired) electrons. The number of hydrogen-bond acceptors (Lipinski definition) is 4. The maximum atomic E-state index is 12.2. The molecule has 5 heteroatoms. The third-order valence-electron chi connectivity index (χ3n) is 3.38. The van der Waals surface area contributed by atoms with Crippen LogP contribution in [0.25, 0.3) is 0 Å². The Kier molecular flexibility index (Phi) is 3.66. The average molecular weight is 271 g/mol. The molecule has 1 saturated carbocycles. The number of benzene rings is 1. The van der Waals surface area contributed by atoms with Gasteiger partial charge in [-0.05, 0) is 12.8 Å². The van der Waals surface area contributed by atoms with Gasteiger partial charge in [-0.15, -0.1) is 0 Å². The highest BCUT2D eigenvalue weighted by atomic mass is 35.5. The molecule has 0 aliphatic heterocycles. The highest BCUT2D eigenvalue weighted by Gasteiger charge is 2.30. The van der Waals surface area contributed by atoms with E-state index in [9.17, 15) is 15.0 Å². The molecule has 0 unspecified atom stereocenters. The number of phenolic OH excluding ortho intramolecular Hbond substituents is 2. The number of ether oxygens (including phenoxy) is 1. The molecular formula is C13H15ClO4. The Hall–Kier alpha value is -1.42. The lowest BCUT2D eigenvalue weighted by molar-refractivity contribution is 0.0917. The minimum Gasteiger partial charge on any atom is -0.507 e. The van der Waals surface area contributed by atoms with Gasteiger partial charge in [0.1, 0.15) is 22.1 Å². The van der Waals surface area contributed by atoms with Crippen LogP contribution in [0.1, 0.15) is 36.0 Å². The SMILES string of the molecule is COc1cc(O)c(C(=O)C2CCCC2)c(O)c1Cl. The van der Waals surface area contributed by atoms with Gasteiger partial charge in [-0.1, -0.05) is 24.4 Å². The fraction of sp³-hybridized carbons (Fsp3) is 0.462. The number of ketones is 1. The lowest BCUT2D eigenvalue weighted by Crippen LogP contribution is -2.11. The number of hydrogen-bond donors (Lipinski definition) is 2. The number of phenols is 2. The zero-order valence-electron chi connectivity index (χ0n) is 10.1. The Morgan fingerprint density at radius 1 is 1.39 bits per heavy atom. The van der Waals surface area contributed by atoms with E-state index >= 15 is 0 Å². The molecule has 0 spiro atoms. The Morgan fingerprint density at radius 3 is 2.56 bits per heavy atom. The summed E-state index contributed by atoms with van der Waals surface area (Å²) in [6.07, 6.45) is 3.59. The van der Waals surface area contributed by atoms with Crippen LogP contribution in [0.4, 0.5) is 0 Å². The topological polar surface area (TPSA) is 66.8 Å². The maximum Gasteiger partial charge on any atom is 0.173 e. The number of Topliss-reactive ketones (excluding diaryl/α,β-unsaturated/α-hetero) is 1. The Labute approximate surface area is 110 Å². The lowest BCUT2D eigenvalue weighted by atomic mass is 9.95. The van der Waals surface area contributed by atoms with Crippen molar-refractivity contribution in [2.75, 3.05) is 7.11 Å². The molecule has 1 aromatic rings. The number of carbonyl (C=O) groups excluding carboxylic acids is 1. The van der Waals surface area contributed by atoms with E-state index < -0.39 is 5.75 Å². The summed E-state index contributed by atoms with van der Waals surface area (Å²) >= 11 is 5.88. The average Bonchev–Trinajstić information content (AvgIpc) is 2.87. The molecule has 2 rings (SSSR count). The Morgan fingerprint density at radius 2 is 2.00 bits per heavy atom. The monoisotopic (exact) mass is 270 g/mol. The van der Waals surface area contributed by atoms with Crippen molar-refractivity contribution in [2.24, 2.45) is 5.92 Å². The Bertz CT molecular complexity index is 478. The largest absolute Gasteiger partial charge is 0.507 e. The van der Waals surface area contributed by atoms with Crippen LogP contribution in [0.2, 0.25) is 5.02 Å². The number of rotatable bonds is 3. The quantitative estimate of drug-likeness (QED) is 0.828. The summed E-state index contributed by atoms with van der Waals surface area (Å²) in [7, 11) is 1.37. The van der Waals surface area contributed by atoms with Crippen molar-refractivity contribution in [1.82, 2.24) is 0 Å². The first-order chi connectivity index (χ1) is 8.56. The first-order valence-electron chi connectivity index (χ1n) is 5.89. The molecule has 0 saturated heterocycles. The van der Waals surface area contributed by atoms with Crippen LogP contribution in [0.3, 0.4) is 0 Å². The summed E-state index contributed by atoms with van der Waals surface area (Å²) in [5.74, 6) is -0.913. The van der Waals surface area contributed by atoms with Gasteiger partial charge >= 0.3 is 0 Å². The molecule has 1 aromatic carbocycles. The second-order valence-corrected chi connectivity index (χ2v) is 4.86. The molecule has 98 valence electrons. The standard InChI is InChI=1S/C13H15ClO4/c1-18-9-6-8(15)10(13(17)11(9)14)12(16)7-4-2-3-5-7/h6-7,15,17H,2-5H2,1H3. The van der Waals surface area contributed by atoms with Gasteiger partial charge in [0.15, 0.2) is 11.5 Å². The zero-order chi connectivity index (χ0) is 13.3. The van der Waals surface area contributed by atoms with Crippen molar-refractivity contribution >= 4 is 17.4 Å². The molecule has 0 aromatic heterocycles. The third kappa shape index (κ3) is 2.12. The number of carbonyl (C=O) groups is 1. The molecule has 0 atom stereocenters.